The van der Waals surface area contributed by atoms with E-state index in [0.717, 1.165) is 13.0 Å². The van der Waals surface area contributed by atoms with Gasteiger partial charge < -0.3 is 0 Å². The second-order valence-corrected chi connectivity index (χ2v) is 5.27. The normalized spacial score (nSPS) is 11.7. The summed E-state index contributed by atoms with van der Waals surface area (Å²) in [5.74, 6) is 0. The number of rotatable bonds is 3. The predicted molar refractivity (Wildman–Crippen MR) is 67.7 cm³/mol. The van der Waals surface area contributed by atoms with Gasteiger partial charge >= 0.3 is 0 Å². The topological polar surface area (TPSA) is 30.7 Å². The third-order valence-corrected chi connectivity index (χ3v) is 2.78. The highest BCUT2D eigenvalue weighted by Gasteiger charge is 2.12. The van der Waals surface area contributed by atoms with Crippen molar-refractivity contribution < 1.29 is 0 Å². The molecular weight excluding hydrogens is 210 g/mol. The summed E-state index contributed by atoms with van der Waals surface area (Å²) in [7, 11) is 0. The standard InChI is InChI=1S/C14H18N3/c1-14(2,3)13-6-4-12(5-7-13)8-9-17-11-15-10-16-17/h4-6,10-11H,8-9H2,1-3H3. The zero-order valence-corrected chi connectivity index (χ0v) is 10.6. The summed E-state index contributed by atoms with van der Waals surface area (Å²) in [6, 6.07) is 9.78. The van der Waals surface area contributed by atoms with Crippen molar-refractivity contribution in [3.05, 3.63) is 48.0 Å². The quantitative estimate of drug-likeness (QED) is 0.808. The molecule has 0 saturated heterocycles. The Hall–Kier alpha value is -1.64. The molecule has 0 amide bonds. The summed E-state index contributed by atoms with van der Waals surface area (Å²) >= 11 is 0. The van der Waals surface area contributed by atoms with E-state index in [9.17, 15) is 0 Å². The smallest absolute Gasteiger partial charge is 0.137 e. The first kappa shape index (κ1) is 11.8. The van der Waals surface area contributed by atoms with Crippen LogP contribution in [0, 0.1) is 6.07 Å². The molecule has 1 heterocycles. The molecule has 3 heteroatoms. The van der Waals surface area contributed by atoms with Crippen molar-refractivity contribution in [2.75, 3.05) is 0 Å². The van der Waals surface area contributed by atoms with Crippen molar-refractivity contribution in [3.8, 4) is 0 Å². The fourth-order valence-electron chi connectivity index (χ4n) is 1.67. The van der Waals surface area contributed by atoms with E-state index >= 15 is 0 Å². The summed E-state index contributed by atoms with van der Waals surface area (Å²) < 4.78 is 1.84. The molecule has 0 spiro atoms. The molecule has 0 saturated carbocycles. The lowest BCUT2D eigenvalue weighted by Crippen LogP contribution is -2.11. The molecule has 0 aliphatic heterocycles. The number of hydrogen-bond donors (Lipinski definition) is 0. The average molecular weight is 228 g/mol. The van der Waals surface area contributed by atoms with Gasteiger partial charge in [-0.25, -0.2) is 4.98 Å². The van der Waals surface area contributed by atoms with Crippen LogP contribution in [0.15, 0.2) is 30.9 Å². The number of aromatic nitrogens is 3. The molecule has 17 heavy (non-hydrogen) atoms. The fourth-order valence-corrected chi connectivity index (χ4v) is 1.67. The molecule has 0 N–H and O–H groups in total. The van der Waals surface area contributed by atoms with Gasteiger partial charge in [0.15, 0.2) is 0 Å². The van der Waals surface area contributed by atoms with Crippen molar-refractivity contribution in [2.24, 2.45) is 0 Å². The van der Waals surface area contributed by atoms with Gasteiger partial charge in [0.25, 0.3) is 0 Å². The Balaban J connectivity index is 1.99. The van der Waals surface area contributed by atoms with E-state index in [1.54, 1.807) is 12.7 Å². The molecule has 0 atom stereocenters. The summed E-state index contributed by atoms with van der Waals surface area (Å²) in [5, 5.41) is 4.08. The van der Waals surface area contributed by atoms with Gasteiger partial charge in [-0.15, -0.1) is 0 Å². The summed E-state index contributed by atoms with van der Waals surface area (Å²) in [4.78, 5) is 3.92. The summed E-state index contributed by atoms with van der Waals surface area (Å²) in [6.45, 7) is 7.47. The van der Waals surface area contributed by atoms with E-state index in [1.165, 1.54) is 11.1 Å². The van der Waals surface area contributed by atoms with Crippen LogP contribution in [0.3, 0.4) is 0 Å². The largest absolute Gasteiger partial charge is 0.253 e. The Labute approximate surface area is 103 Å². The van der Waals surface area contributed by atoms with Crippen LogP contribution < -0.4 is 0 Å². The van der Waals surface area contributed by atoms with Gasteiger partial charge in [0.2, 0.25) is 0 Å². The Kier molecular flexibility index (Phi) is 3.27. The molecule has 1 radical (unpaired) electrons. The lowest BCUT2D eigenvalue weighted by atomic mass is 9.86. The first-order chi connectivity index (χ1) is 8.05. The maximum atomic E-state index is 4.08. The molecule has 0 bridgehead atoms. The third-order valence-electron chi connectivity index (χ3n) is 2.78. The van der Waals surface area contributed by atoms with E-state index in [-0.39, 0.29) is 5.41 Å². The van der Waals surface area contributed by atoms with E-state index in [1.807, 2.05) is 4.68 Å². The first-order valence-corrected chi connectivity index (χ1v) is 5.89. The average Bonchev–Trinajstić information content (AvgIpc) is 2.78. The SMILES string of the molecule is CC(C)(C)c1[c]cc(CCn2cncn2)cc1. The zero-order chi connectivity index (χ0) is 12.3. The molecule has 0 aliphatic rings. The van der Waals surface area contributed by atoms with Gasteiger partial charge in [0, 0.05) is 6.54 Å². The minimum atomic E-state index is 0.171. The highest BCUT2D eigenvalue weighted by molar-refractivity contribution is 5.26. The van der Waals surface area contributed by atoms with Gasteiger partial charge in [-0.2, -0.15) is 5.10 Å². The molecule has 89 valence electrons. The molecule has 1 aromatic carbocycles. The number of nitrogens with zero attached hydrogens (tertiary/aromatic N) is 3. The zero-order valence-electron chi connectivity index (χ0n) is 10.6. The van der Waals surface area contributed by atoms with Crippen molar-refractivity contribution in [1.29, 1.82) is 0 Å². The van der Waals surface area contributed by atoms with Gasteiger partial charge in [-0.3, -0.25) is 4.68 Å². The Bertz CT molecular complexity index is 449. The van der Waals surface area contributed by atoms with Crippen molar-refractivity contribution in [1.82, 2.24) is 14.8 Å². The molecular formula is C14H18N3. The Morgan fingerprint density at radius 2 is 2.12 bits per heavy atom. The van der Waals surface area contributed by atoms with E-state index in [4.69, 9.17) is 0 Å². The van der Waals surface area contributed by atoms with Crippen molar-refractivity contribution in [3.63, 3.8) is 0 Å². The summed E-state index contributed by atoms with van der Waals surface area (Å²) in [5.41, 5.74) is 2.71. The van der Waals surface area contributed by atoms with Crippen LogP contribution in [-0.2, 0) is 18.4 Å². The Morgan fingerprint density at radius 3 is 2.65 bits per heavy atom. The highest BCUT2D eigenvalue weighted by Crippen LogP contribution is 2.21. The molecule has 2 aromatic rings. The monoisotopic (exact) mass is 228 g/mol. The minimum Gasteiger partial charge on any atom is -0.253 e. The van der Waals surface area contributed by atoms with Crippen LogP contribution in [0.25, 0.3) is 0 Å². The maximum absolute atomic E-state index is 4.08. The van der Waals surface area contributed by atoms with Crippen LogP contribution >= 0.6 is 0 Å². The second kappa shape index (κ2) is 4.70. The Morgan fingerprint density at radius 1 is 1.29 bits per heavy atom. The van der Waals surface area contributed by atoms with Crippen molar-refractivity contribution >= 4 is 0 Å². The van der Waals surface area contributed by atoms with E-state index < -0.39 is 0 Å². The van der Waals surface area contributed by atoms with Crippen LogP contribution in [0.1, 0.15) is 31.9 Å². The highest BCUT2D eigenvalue weighted by atomic mass is 15.3. The van der Waals surface area contributed by atoms with Gasteiger partial charge in [0.05, 0.1) is 0 Å². The third kappa shape index (κ3) is 3.16. The first-order valence-electron chi connectivity index (χ1n) is 5.89. The molecule has 2 rings (SSSR count). The van der Waals surface area contributed by atoms with E-state index in [0.29, 0.717) is 0 Å². The molecule has 0 fully saturated rings. The molecule has 0 unspecified atom stereocenters. The second-order valence-electron chi connectivity index (χ2n) is 5.27. The van der Waals surface area contributed by atoms with Gasteiger partial charge in [-0.05, 0) is 29.0 Å². The number of benzene rings is 1. The lowest BCUT2D eigenvalue weighted by Gasteiger charge is -2.18. The predicted octanol–water partition coefficient (Wildman–Crippen LogP) is 2.62. The maximum Gasteiger partial charge on any atom is 0.137 e. The summed E-state index contributed by atoms with van der Waals surface area (Å²) in [6.07, 6.45) is 4.27. The fraction of sp³-hybridized carbons (Fsp3) is 0.429. The van der Waals surface area contributed by atoms with Crippen LogP contribution in [0.2, 0.25) is 0 Å². The number of aryl methyl sites for hydroxylation is 2. The van der Waals surface area contributed by atoms with Crippen LogP contribution in [0.4, 0.5) is 0 Å². The van der Waals surface area contributed by atoms with E-state index in [2.05, 4.69) is 55.1 Å². The minimum absolute atomic E-state index is 0.171. The van der Waals surface area contributed by atoms with Gasteiger partial charge in [-0.1, -0.05) is 39.0 Å². The van der Waals surface area contributed by atoms with Crippen molar-refractivity contribution in [2.45, 2.75) is 39.2 Å². The van der Waals surface area contributed by atoms with Crippen LogP contribution in [-0.4, -0.2) is 14.8 Å². The molecule has 0 aliphatic carbocycles. The lowest BCUT2D eigenvalue weighted by molar-refractivity contribution is 0.587. The molecule has 3 nitrogen and oxygen atoms in total. The molecule has 1 aromatic heterocycles. The number of hydrogen-bond acceptors (Lipinski definition) is 2. The van der Waals surface area contributed by atoms with Gasteiger partial charge in [0.1, 0.15) is 12.7 Å². The van der Waals surface area contributed by atoms with Crippen LogP contribution in [0.5, 0.6) is 0 Å².